The largest absolute Gasteiger partial charge is 0.349 e. The highest BCUT2D eigenvalue weighted by Crippen LogP contribution is 2.20. The predicted molar refractivity (Wildman–Crippen MR) is 80.8 cm³/mol. The van der Waals surface area contributed by atoms with E-state index in [1.54, 1.807) is 0 Å². The van der Waals surface area contributed by atoms with Crippen molar-refractivity contribution in [3.8, 4) is 0 Å². The third-order valence-corrected chi connectivity index (χ3v) is 4.08. The van der Waals surface area contributed by atoms with Gasteiger partial charge in [-0.25, -0.2) is 4.79 Å². The lowest BCUT2D eigenvalue weighted by Gasteiger charge is -2.20. The van der Waals surface area contributed by atoms with Crippen LogP contribution in [0.1, 0.15) is 70.6 Å². The summed E-state index contributed by atoms with van der Waals surface area (Å²) in [4.78, 5) is 32.7. The quantitative estimate of drug-likeness (QED) is 0.370. The van der Waals surface area contributed by atoms with Gasteiger partial charge >= 0.3 is 5.97 Å². The zero-order chi connectivity index (χ0) is 15.6. The van der Waals surface area contributed by atoms with Crippen molar-refractivity contribution in [2.75, 3.05) is 6.61 Å². The number of allylic oxidation sites excluding steroid dienone is 2. The second-order valence-corrected chi connectivity index (χ2v) is 5.95. The summed E-state index contributed by atoms with van der Waals surface area (Å²) in [7, 11) is 0. The molecule has 0 saturated carbocycles. The van der Waals surface area contributed by atoms with E-state index in [0.717, 1.165) is 63.4 Å². The summed E-state index contributed by atoms with van der Waals surface area (Å²) in [6.07, 6.45) is 11.2. The number of Topliss-reactive ketones (excluding diaryl/α,β-unsaturated/α-hetero) is 1. The number of hydrogen-bond donors (Lipinski definition) is 0. The Bertz CT molecular complexity index is 396. The van der Waals surface area contributed by atoms with E-state index in [-0.39, 0.29) is 5.97 Å². The van der Waals surface area contributed by atoms with E-state index in [0.29, 0.717) is 25.2 Å². The second-order valence-electron chi connectivity index (χ2n) is 5.95. The molecule has 124 valence electrons. The molecule has 1 unspecified atom stereocenters. The highest BCUT2D eigenvalue weighted by molar-refractivity contribution is 5.97. The summed E-state index contributed by atoms with van der Waals surface area (Å²) in [5.41, 5.74) is 1.00. The van der Waals surface area contributed by atoms with Gasteiger partial charge in [-0.3, -0.25) is 9.68 Å². The van der Waals surface area contributed by atoms with Crippen LogP contribution in [0.3, 0.4) is 0 Å². The van der Waals surface area contributed by atoms with Crippen LogP contribution >= 0.6 is 0 Å². The van der Waals surface area contributed by atoms with Crippen LogP contribution in [0.2, 0.25) is 0 Å². The van der Waals surface area contributed by atoms with Crippen molar-refractivity contribution in [1.29, 1.82) is 0 Å². The number of unbranched alkanes of at least 4 members (excludes halogenated alkanes) is 3. The molecule has 1 saturated heterocycles. The van der Waals surface area contributed by atoms with Crippen LogP contribution in [-0.4, -0.2) is 24.6 Å². The molecule has 0 aromatic heterocycles. The van der Waals surface area contributed by atoms with Crippen molar-refractivity contribution in [3.05, 3.63) is 11.6 Å². The van der Waals surface area contributed by atoms with Crippen molar-refractivity contribution in [2.45, 2.75) is 76.9 Å². The first-order valence-corrected chi connectivity index (χ1v) is 8.45. The number of hydrogen-bond acceptors (Lipinski definition) is 5. The van der Waals surface area contributed by atoms with Crippen molar-refractivity contribution in [1.82, 2.24) is 0 Å². The molecule has 5 nitrogen and oxygen atoms in total. The molecule has 5 heteroatoms. The van der Waals surface area contributed by atoms with Gasteiger partial charge in [0.15, 0.2) is 5.78 Å². The summed E-state index contributed by atoms with van der Waals surface area (Å²) in [6, 6.07) is 0. The molecule has 1 aliphatic heterocycles. The summed E-state index contributed by atoms with van der Waals surface area (Å²) in [5.74, 6) is -0.0199. The summed E-state index contributed by atoms with van der Waals surface area (Å²) in [6.45, 7) is 0.668. The average molecular weight is 310 g/mol. The maximum absolute atomic E-state index is 11.5. The van der Waals surface area contributed by atoms with Gasteiger partial charge in [-0.05, 0) is 44.1 Å². The number of ether oxygens (including phenoxy) is 1. The SMILES string of the molecule is O=C(CCCCCCC1=CCCC1=O)OOC1CCCCO1. The van der Waals surface area contributed by atoms with E-state index in [4.69, 9.17) is 14.5 Å². The first kappa shape index (κ1) is 17.2. The number of carbonyl (C=O) groups is 2. The highest BCUT2D eigenvalue weighted by Gasteiger charge is 2.17. The van der Waals surface area contributed by atoms with E-state index in [2.05, 4.69) is 6.08 Å². The lowest BCUT2D eigenvalue weighted by molar-refractivity contribution is -0.358. The molecule has 2 rings (SSSR count). The van der Waals surface area contributed by atoms with Gasteiger partial charge in [0, 0.05) is 25.9 Å². The fourth-order valence-corrected chi connectivity index (χ4v) is 2.77. The number of carbonyl (C=O) groups excluding carboxylic acids is 2. The lowest BCUT2D eigenvalue weighted by Crippen LogP contribution is -2.23. The van der Waals surface area contributed by atoms with Gasteiger partial charge in [0.2, 0.25) is 6.29 Å². The molecule has 1 aliphatic carbocycles. The van der Waals surface area contributed by atoms with Crippen LogP contribution in [0.25, 0.3) is 0 Å². The Morgan fingerprint density at radius 3 is 2.82 bits per heavy atom. The van der Waals surface area contributed by atoms with Crippen molar-refractivity contribution in [2.24, 2.45) is 0 Å². The van der Waals surface area contributed by atoms with Crippen LogP contribution in [0, 0.1) is 0 Å². The van der Waals surface area contributed by atoms with Crippen LogP contribution < -0.4 is 0 Å². The van der Waals surface area contributed by atoms with E-state index < -0.39 is 6.29 Å². The van der Waals surface area contributed by atoms with Gasteiger partial charge in [0.05, 0.1) is 0 Å². The predicted octanol–water partition coefficient (Wildman–Crippen LogP) is 3.62. The highest BCUT2D eigenvalue weighted by atomic mass is 17.2. The average Bonchev–Trinajstić information content (AvgIpc) is 2.95. The first-order valence-electron chi connectivity index (χ1n) is 8.45. The standard InChI is InChI=1S/C17H26O5/c18-15-10-7-9-14(15)8-3-1-2-4-11-16(19)21-22-17-12-5-6-13-20-17/h9,17H,1-8,10-13H2. The molecule has 0 aromatic rings. The van der Waals surface area contributed by atoms with Crippen LogP contribution in [0.15, 0.2) is 11.6 Å². The van der Waals surface area contributed by atoms with E-state index in [9.17, 15) is 9.59 Å². The Labute approximate surface area is 131 Å². The molecule has 22 heavy (non-hydrogen) atoms. The zero-order valence-electron chi connectivity index (χ0n) is 13.2. The van der Waals surface area contributed by atoms with E-state index >= 15 is 0 Å². The molecule has 1 fully saturated rings. The normalized spacial score (nSPS) is 21.7. The third kappa shape index (κ3) is 6.28. The van der Waals surface area contributed by atoms with E-state index in [1.165, 1.54) is 0 Å². The maximum Gasteiger partial charge on any atom is 0.342 e. The molecular formula is C17H26O5. The lowest BCUT2D eigenvalue weighted by atomic mass is 10.0. The molecule has 1 atom stereocenters. The Balaban J connectivity index is 1.42. The minimum absolute atomic E-state index is 0.311. The molecule has 0 amide bonds. The van der Waals surface area contributed by atoms with Gasteiger partial charge in [-0.15, -0.1) is 0 Å². The van der Waals surface area contributed by atoms with Gasteiger partial charge in [0.25, 0.3) is 0 Å². The zero-order valence-corrected chi connectivity index (χ0v) is 13.2. The molecular weight excluding hydrogens is 284 g/mol. The minimum atomic E-state index is -0.394. The Morgan fingerprint density at radius 1 is 1.23 bits per heavy atom. The molecule has 0 spiro atoms. The van der Waals surface area contributed by atoms with Crippen LogP contribution in [0.5, 0.6) is 0 Å². The van der Waals surface area contributed by atoms with Crippen molar-refractivity contribution >= 4 is 11.8 Å². The first-order chi connectivity index (χ1) is 10.8. The Morgan fingerprint density at radius 2 is 2.09 bits per heavy atom. The second kappa shape index (κ2) is 9.74. The van der Waals surface area contributed by atoms with Crippen molar-refractivity contribution < 1.29 is 24.1 Å². The van der Waals surface area contributed by atoms with Crippen molar-refractivity contribution in [3.63, 3.8) is 0 Å². The fourth-order valence-electron chi connectivity index (χ4n) is 2.77. The van der Waals surface area contributed by atoms with Gasteiger partial charge in [0.1, 0.15) is 0 Å². The van der Waals surface area contributed by atoms with Gasteiger partial charge in [-0.2, -0.15) is 4.89 Å². The minimum Gasteiger partial charge on any atom is -0.349 e. The van der Waals surface area contributed by atoms with E-state index in [1.807, 2.05) is 0 Å². The molecule has 0 aromatic carbocycles. The topological polar surface area (TPSA) is 61.8 Å². The van der Waals surface area contributed by atoms with Crippen LogP contribution in [-0.2, 0) is 24.1 Å². The van der Waals surface area contributed by atoms with Gasteiger partial charge < -0.3 is 4.74 Å². The summed E-state index contributed by atoms with van der Waals surface area (Å²) in [5, 5.41) is 0. The Hall–Kier alpha value is -1.20. The molecule has 0 bridgehead atoms. The molecule has 0 N–H and O–H groups in total. The number of ketones is 1. The maximum atomic E-state index is 11.5. The molecule has 2 aliphatic rings. The monoisotopic (exact) mass is 310 g/mol. The Kier molecular flexibility index (Phi) is 7.60. The third-order valence-electron chi connectivity index (χ3n) is 4.08. The molecule has 0 radical (unpaired) electrons. The molecule has 1 heterocycles. The van der Waals surface area contributed by atoms with Crippen LogP contribution in [0.4, 0.5) is 0 Å². The fraction of sp³-hybridized carbons (Fsp3) is 0.765. The number of rotatable bonds is 9. The van der Waals surface area contributed by atoms with Gasteiger partial charge in [-0.1, -0.05) is 18.9 Å². The smallest absolute Gasteiger partial charge is 0.342 e. The summed E-state index contributed by atoms with van der Waals surface area (Å²) >= 11 is 0. The summed E-state index contributed by atoms with van der Waals surface area (Å²) < 4.78 is 5.31.